The number of para-hydroxylation sites is 1. The third kappa shape index (κ3) is 2.43. The molecule has 2 atom stereocenters. The number of amides is 1. The Kier molecular flexibility index (Phi) is 3.42. The van der Waals surface area contributed by atoms with Crippen molar-refractivity contribution in [1.82, 2.24) is 4.90 Å². The Labute approximate surface area is 134 Å². The Morgan fingerprint density at radius 1 is 1.04 bits per heavy atom. The minimum absolute atomic E-state index is 0.0544. The quantitative estimate of drug-likeness (QED) is 0.921. The lowest BCUT2D eigenvalue weighted by Gasteiger charge is -2.17. The van der Waals surface area contributed by atoms with Gasteiger partial charge in [0, 0.05) is 25.0 Å². The first kappa shape index (κ1) is 14.1. The molecule has 0 bridgehead atoms. The van der Waals surface area contributed by atoms with Crippen LogP contribution in [0.15, 0.2) is 48.5 Å². The first-order valence-electron chi connectivity index (χ1n) is 7.72. The van der Waals surface area contributed by atoms with Gasteiger partial charge in [0.2, 0.25) is 6.79 Å². The van der Waals surface area contributed by atoms with E-state index in [1.807, 2.05) is 30.3 Å². The number of carbonyl (C=O) groups is 1. The number of hydrogen-bond acceptors (Lipinski definition) is 4. The van der Waals surface area contributed by atoms with E-state index in [0.717, 1.165) is 0 Å². The van der Waals surface area contributed by atoms with Crippen LogP contribution >= 0.6 is 0 Å². The first-order valence-corrected chi connectivity index (χ1v) is 7.72. The molecule has 2 aromatic rings. The maximum absolute atomic E-state index is 12.9. The molecular weight excluding hydrogens is 292 g/mol. The molecule has 2 N–H and O–H groups in total. The molecule has 4 rings (SSSR count). The molecule has 0 saturated carbocycles. The molecule has 2 aliphatic heterocycles. The number of hydrogen-bond donors (Lipinski definition) is 1. The van der Waals surface area contributed by atoms with Gasteiger partial charge in [-0.1, -0.05) is 36.4 Å². The summed E-state index contributed by atoms with van der Waals surface area (Å²) in [7, 11) is 0. The number of rotatable bonds is 2. The highest BCUT2D eigenvalue weighted by Gasteiger charge is 2.35. The lowest BCUT2D eigenvalue weighted by atomic mass is 9.95. The van der Waals surface area contributed by atoms with Crippen LogP contribution in [0, 0.1) is 0 Å². The minimum Gasteiger partial charge on any atom is -0.454 e. The van der Waals surface area contributed by atoms with Crippen LogP contribution in [0.25, 0.3) is 0 Å². The van der Waals surface area contributed by atoms with Gasteiger partial charge in [-0.3, -0.25) is 4.79 Å². The third-order valence-electron chi connectivity index (χ3n) is 4.51. The van der Waals surface area contributed by atoms with E-state index < -0.39 is 0 Å². The molecule has 0 radical (unpaired) electrons. The molecule has 5 nitrogen and oxygen atoms in total. The molecule has 1 saturated heterocycles. The fourth-order valence-electron chi connectivity index (χ4n) is 3.32. The van der Waals surface area contributed by atoms with Crippen molar-refractivity contribution in [2.75, 3.05) is 19.9 Å². The van der Waals surface area contributed by atoms with Crippen molar-refractivity contribution < 1.29 is 14.3 Å². The molecule has 2 aromatic carbocycles. The summed E-state index contributed by atoms with van der Waals surface area (Å²) in [6, 6.07) is 15.5. The molecule has 0 aliphatic carbocycles. The summed E-state index contributed by atoms with van der Waals surface area (Å²) in [6.07, 6.45) is 0. The fourth-order valence-corrected chi connectivity index (χ4v) is 3.32. The molecule has 2 heterocycles. The molecule has 5 heteroatoms. The zero-order valence-electron chi connectivity index (χ0n) is 12.6. The summed E-state index contributed by atoms with van der Waals surface area (Å²) in [6.45, 7) is 1.32. The number of ether oxygens (including phenoxy) is 2. The van der Waals surface area contributed by atoms with E-state index in [-0.39, 0.29) is 24.7 Å². The molecule has 1 fully saturated rings. The van der Waals surface area contributed by atoms with Crippen LogP contribution in [0.2, 0.25) is 0 Å². The second-order valence-corrected chi connectivity index (χ2v) is 5.93. The Morgan fingerprint density at radius 2 is 1.87 bits per heavy atom. The highest BCUT2D eigenvalue weighted by molar-refractivity contribution is 5.98. The predicted molar refractivity (Wildman–Crippen MR) is 85.6 cm³/mol. The lowest BCUT2D eigenvalue weighted by molar-refractivity contribution is 0.0784. The number of carbonyl (C=O) groups excluding carboxylic acids is 1. The normalized spacial score (nSPS) is 22.4. The van der Waals surface area contributed by atoms with Crippen LogP contribution in [0.5, 0.6) is 11.5 Å². The largest absolute Gasteiger partial charge is 0.454 e. The summed E-state index contributed by atoms with van der Waals surface area (Å²) < 4.78 is 10.8. The van der Waals surface area contributed by atoms with E-state index in [1.165, 1.54) is 5.56 Å². The van der Waals surface area contributed by atoms with E-state index in [9.17, 15) is 4.79 Å². The van der Waals surface area contributed by atoms with E-state index >= 15 is 0 Å². The average molecular weight is 310 g/mol. The van der Waals surface area contributed by atoms with E-state index in [4.69, 9.17) is 15.2 Å². The molecule has 1 amide bonds. The maximum Gasteiger partial charge on any atom is 0.257 e. The van der Waals surface area contributed by atoms with Crippen molar-refractivity contribution in [3.8, 4) is 11.5 Å². The predicted octanol–water partition coefficient (Wildman–Crippen LogP) is 1.98. The van der Waals surface area contributed by atoms with E-state index in [1.54, 1.807) is 11.0 Å². The second-order valence-electron chi connectivity index (χ2n) is 5.93. The average Bonchev–Trinajstić information content (AvgIpc) is 3.21. The Bertz CT molecular complexity index is 732. The van der Waals surface area contributed by atoms with Crippen LogP contribution in [-0.4, -0.2) is 36.7 Å². The number of benzene rings is 2. The summed E-state index contributed by atoms with van der Waals surface area (Å²) >= 11 is 0. The number of fused-ring (bicyclic) bond motifs is 1. The fraction of sp³-hybridized carbons (Fsp3) is 0.278. The number of nitrogens with two attached hydrogens (primary N) is 1. The van der Waals surface area contributed by atoms with Gasteiger partial charge in [0.05, 0.1) is 5.56 Å². The number of likely N-dealkylation sites (tertiary alicyclic amines) is 1. The van der Waals surface area contributed by atoms with Gasteiger partial charge in [-0.05, 0) is 17.7 Å². The second kappa shape index (κ2) is 5.59. The monoisotopic (exact) mass is 310 g/mol. The first-order chi connectivity index (χ1) is 11.2. The molecule has 0 spiro atoms. The minimum atomic E-state index is -0.0599. The van der Waals surface area contributed by atoms with Crippen LogP contribution in [0.1, 0.15) is 21.8 Å². The summed E-state index contributed by atoms with van der Waals surface area (Å²) in [5, 5.41) is 0. The molecule has 0 aromatic heterocycles. The standard InChI is InChI=1S/C18H18N2O3/c19-15-10-20(9-14(15)12-5-2-1-3-6-12)18(21)13-7-4-8-16-17(13)23-11-22-16/h1-8,14-15H,9-11,19H2/t14-,15+/m0/s1. The van der Waals surface area contributed by atoms with Crippen molar-refractivity contribution >= 4 is 5.91 Å². The highest BCUT2D eigenvalue weighted by atomic mass is 16.7. The SMILES string of the molecule is N[C@@H]1CN(C(=O)c2cccc3c2OCO3)C[C@H]1c1ccccc1. The molecular formula is C18H18N2O3. The zero-order valence-corrected chi connectivity index (χ0v) is 12.6. The summed E-state index contributed by atoms with van der Waals surface area (Å²) in [4.78, 5) is 14.7. The van der Waals surface area contributed by atoms with Crippen molar-refractivity contribution in [2.45, 2.75) is 12.0 Å². The van der Waals surface area contributed by atoms with Gasteiger partial charge in [-0.15, -0.1) is 0 Å². The van der Waals surface area contributed by atoms with Crippen LogP contribution in [0.4, 0.5) is 0 Å². The van der Waals surface area contributed by atoms with Crippen molar-refractivity contribution in [3.63, 3.8) is 0 Å². The van der Waals surface area contributed by atoms with Crippen molar-refractivity contribution in [2.24, 2.45) is 5.73 Å². The molecule has 118 valence electrons. The molecule has 0 unspecified atom stereocenters. The third-order valence-corrected chi connectivity index (χ3v) is 4.51. The van der Waals surface area contributed by atoms with Gasteiger partial charge >= 0.3 is 0 Å². The van der Waals surface area contributed by atoms with Gasteiger partial charge < -0.3 is 20.1 Å². The van der Waals surface area contributed by atoms with Crippen LogP contribution in [0.3, 0.4) is 0 Å². The van der Waals surface area contributed by atoms with Gasteiger partial charge in [0.1, 0.15) is 0 Å². The maximum atomic E-state index is 12.9. The molecule has 23 heavy (non-hydrogen) atoms. The van der Waals surface area contributed by atoms with Crippen molar-refractivity contribution in [3.05, 3.63) is 59.7 Å². The summed E-state index contributed by atoms with van der Waals surface area (Å²) in [5.41, 5.74) is 8.00. The van der Waals surface area contributed by atoms with Gasteiger partial charge in [0.15, 0.2) is 11.5 Å². The Hall–Kier alpha value is -2.53. The van der Waals surface area contributed by atoms with Crippen LogP contribution < -0.4 is 15.2 Å². The summed E-state index contributed by atoms with van der Waals surface area (Å²) in [5.74, 6) is 1.27. The topological polar surface area (TPSA) is 64.8 Å². The smallest absolute Gasteiger partial charge is 0.257 e. The van der Waals surface area contributed by atoms with E-state index in [2.05, 4.69) is 12.1 Å². The Morgan fingerprint density at radius 3 is 2.70 bits per heavy atom. The van der Waals surface area contributed by atoms with Gasteiger partial charge in [-0.25, -0.2) is 0 Å². The van der Waals surface area contributed by atoms with Gasteiger partial charge in [-0.2, -0.15) is 0 Å². The zero-order chi connectivity index (χ0) is 15.8. The van der Waals surface area contributed by atoms with Crippen LogP contribution in [-0.2, 0) is 0 Å². The highest BCUT2D eigenvalue weighted by Crippen LogP contribution is 2.37. The lowest BCUT2D eigenvalue weighted by Crippen LogP contribution is -2.32. The van der Waals surface area contributed by atoms with E-state index in [0.29, 0.717) is 30.2 Å². The van der Waals surface area contributed by atoms with Crippen molar-refractivity contribution in [1.29, 1.82) is 0 Å². The number of nitrogens with zero attached hydrogens (tertiary/aromatic N) is 1. The van der Waals surface area contributed by atoms with Gasteiger partial charge in [0.25, 0.3) is 5.91 Å². The Balaban J connectivity index is 1.58. The molecule has 2 aliphatic rings.